The lowest BCUT2D eigenvalue weighted by molar-refractivity contribution is -0.917. The van der Waals surface area contributed by atoms with E-state index >= 15 is 0 Å². The second-order valence-corrected chi connectivity index (χ2v) is 7.33. The molecule has 1 atom stereocenters. The molecule has 3 rings (SSSR count). The average Bonchev–Trinajstić information content (AvgIpc) is 2.95. The second-order valence-electron chi connectivity index (χ2n) is 6.97. The number of aromatic nitrogens is 4. The summed E-state index contributed by atoms with van der Waals surface area (Å²) in [5.74, 6) is 0.826. The van der Waals surface area contributed by atoms with Crippen molar-refractivity contribution in [1.29, 1.82) is 0 Å². The van der Waals surface area contributed by atoms with E-state index in [1.807, 2.05) is 33.7 Å². The molecule has 2 aromatic heterocycles. The fraction of sp³-hybridized carbons (Fsp3) is 0.286. The molecule has 0 saturated carbocycles. The van der Waals surface area contributed by atoms with Gasteiger partial charge in [-0.2, -0.15) is 4.68 Å². The van der Waals surface area contributed by atoms with E-state index in [1.165, 1.54) is 21.6 Å². The number of pyridine rings is 1. The molecule has 3 aromatic rings. The van der Waals surface area contributed by atoms with Gasteiger partial charge in [0, 0.05) is 30.1 Å². The first-order valence-electron chi connectivity index (χ1n) is 9.06. The van der Waals surface area contributed by atoms with Crippen LogP contribution in [0.2, 0.25) is 0 Å². The van der Waals surface area contributed by atoms with Gasteiger partial charge in [0.25, 0.3) is 0 Å². The van der Waals surface area contributed by atoms with Crippen LogP contribution in [0, 0.1) is 18.6 Å². The Kier molecular flexibility index (Phi) is 5.98. The van der Waals surface area contributed by atoms with Crippen molar-refractivity contribution in [2.75, 3.05) is 7.05 Å². The van der Waals surface area contributed by atoms with E-state index in [0.717, 1.165) is 17.9 Å². The number of rotatable bonds is 7. The average molecular weight is 381 g/mol. The predicted octanol–water partition coefficient (Wildman–Crippen LogP) is 2.95. The summed E-state index contributed by atoms with van der Waals surface area (Å²) in [5.41, 5.74) is 4.92. The van der Waals surface area contributed by atoms with Crippen molar-refractivity contribution in [3.05, 3.63) is 76.8 Å². The summed E-state index contributed by atoms with van der Waals surface area (Å²) in [6, 6.07) is 10.5. The molecule has 0 amide bonds. The highest BCUT2D eigenvalue weighted by Crippen LogP contribution is 2.17. The first-order chi connectivity index (χ1) is 13.0. The van der Waals surface area contributed by atoms with E-state index in [9.17, 15) is 0 Å². The Morgan fingerprint density at radius 3 is 2.74 bits per heavy atom. The number of hydrogen-bond donors (Lipinski definition) is 1. The lowest BCUT2D eigenvalue weighted by Gasteiger charge is -2.15. The number of hydrogen-bond acceptors (Lipinski definition) is 3. The van der Waals surface area contributed by atoms with Gasteiger partial charge in [-0.05, 0) is 43.8 Å². The molecular formula is C21H26N5S+. The Bertz CT molecular complexity index is 988. The summed E-state index contributed by atoms with van der Waals surface area (Å²) in [7, 11) is 2.16. The minimum atomic E-state index is 0.624. The van der Waals surface area contributed by atoms with Crippen LogP contribution >= 0.6 is 12.2 Å². The molecule has 27 heavy (non-hydrogen) atoms. The highest BCUT2D eigenvalue weighted by Gasteiger charge is 2.15. The maximum absolute atomic E-state index is 5.69. The van der Waals surface area contributed by atoms with Crippen LogP contribution in [0.1, 0.15) is 16.7 Å². The lowest BCUT2D eigenvalue weighted by atomic mass is 10.1. The monoisotopic (exact) mass is 380 g/mol. The van der Waals surface area contributed by atoms with Crippen LogP contribution in [0.25, 0.3) is 11.4 Å². The van der Waals surface area contributed by atoms with E-state index in [1.54, 1.807) is 6.20 Å². The van der Waals surface area contributed by atoms with Crippen molar-refractivity contribution < 1.29 is 4.90 Å². The topological polar surface area (TPSA) is 40.1 Å². The normalized spacial score (nSPS) is 12.1. The third-order valence-corrected chi connectivity index (χ3v) is 5.00. The Labute approximate surface area is 165 Å². The summed E-state index contributed by atoms with van der Waals surface area (Å²) in [6.45, 7) is 10.4. The van der Waals surface area contributed by atoms with Crippen molar-refractivity contribution in [1.82, 2.24) is 19.3 Å². The third-order valence-electron chi connectivity index (χ3n) is 4.56. The smallest absolute Gasteiger partial charge is 0.203 e. The van der Waals surface area contributed by atoms with Crippen molar-refractivity contribution in [3.8, 4) is 11.4 Å². The zero-order valence-electron chi connectivity index (χ0n) is 16.1. The zero-order chi connectivity index (χ0) is 19.4. The highest BCUT2D eigenvalue weighted by molar-refractivity contribution is 7.71. The predicted molar refractivity (Wildman–Crippen MR) is 111 cm³/mol. The van der Waals surface area contributed by atoms with Gasteiger partial charge in [0.05, 0.1) is 7.05 Å². The molecule has 0 saturated heterocycles. The van der Waals surface area contributed by atoms with E-state index in [2.05, 4.69) is 50.7 Å². The maximum Gasteiger partial charge on any atom is 0.203 e. The number of quaternary nitrogens is 1. The van der Waals surface area contributed by atoms with Gasteiger partial charge >= 0.3 is 0 Å². The number of allylic oxidation sites excluding steroid dienone is 1. The fourth-order valence-electron chi connectivity index (χ4n) is 3.23. The van der Waals surface area contributed by atoms with Gasteiger partial charge in [0.1, 0.15) is 6.54 Å². The summed E-state index contributed by atoms with van der Waals surface area (Å²) in [4.78, 5) is 5.53. The molecule has 1 N–H and O–H groups in total. The Balaban J connectivity index is 1.86. The maximum atomic E-state index is 5.69. The molecule has 0 spiro atoms. The Morgan fingerprint density at radius 2 is 2.07 bits per heavy atom. The molecule has 0 aliphatic carbocycles. The van der Waals surface area contributed by atoms with Crippen LogP contribution in [0.4, 0.5) is 0 Å². The first-order valence-corrected chi connectivity index (χ1v) is 9.46. The van der Waals surface area contributed by atoms with Crippen LogP contribution in [-0.2, 0) is 19.8 Å². The van der Waals surface area contributed by atoms with Gasteiger partial charge in [-0.1, -0.05) is 29.8 Å². The number of nitrogens with zero attached hydrogens (tertiary/aromatic N) is 4. The van der Waals surface area contributed by atoms with Crippen molar-refractivity contribution in [2.24, 2.45) is 0 Å². The Morgan fingerprint density at radius 1 is 1.26 bits per heavy atom. The molecule has 140 valence electrons. The molecule has 0 aliphatic rings. The molecular weight excluding hydrogens is 354 g/mol. The molecule has 1 aromatic carbocycles. The lowest BCUT2D eigenvalue weighted by Crippen LogP contribution is -3.07. The largest absolute Gasteiger partial charge is 0.315 e. The highest BCUT2D eigenvalue weighted by atomic mass is 32.1. The van der Waals surface area contributed by atoms with Crippen molar-refractivity contribution >= 4 is 12.2 Å². The van der Waals surface area contributed by atoms with Crippen molar-refractivity contribution in [2.45, 2.75) is 33.6 Å². The van der Waals surface area contributed by atoms with Crippen LogP contribution in [0.15, 0.2) is 55.4 Å². The molecule has 0 fully saturated rings. The molecule has 5 nitrogen and oxygen atoms in total. The van der Waals surface area contributed by atoms with Gasteiger partial charge in [-0.15, -0.1) is 11.7 Å². The molecule has 0 aliphatic heterocycles. The van der Waals surface area contributed by atoms with E-state index in [0.29, 0.717) is 18.0 Å². The van der Waals surface area contributed by atoms with E-state index in [-0.39, 0.29) is 0 Å². The standard InChI is InChI=1S/C21H25N5S/c1-5-11-25-20(18-7-6-10-22-13-18)23-26(21(25)27)15-24(4)14-19-9-8-16(2)12-17(19)3/h5-10,12-13H,1,11,14-15H2,2-4H3/p+1. The second kappa shape index (κ2) is 8.41. The van der Waals surface area contributed by atoms with Gasteiger partial charge in [0.15, 0.2) is 12.5 Å². The van der Waals surface area contributed by atoms with Crippen LogP contribution in [-0.4, -0.2) is 26.4 Å². The van der Waals surface area contributed by atoms with E-state index in [4.69, 9.17) is 17.3 Å². The molecule has 6 heteroatoms. The number of nitrogens with one attached hydrogen (secondary N) is 1. The van der Waals surface area contributed by atoms with Gasteiger partial charge in [0.2, 0.25) is 4.77 Å². The minimum Gasteiger partial charge on any atom is -0.315 e. The van der Waals surface area contributed by atoms with Gasteiger partial charge in [-0.3, -0.25) is 9.55 Å². The summed E-state index contributed by atoms with van der Waals surface area (Å²) in [6.07, 6.45) is 5.41. The van der Waals surface area contributed by atoms with Crippen LogP contribution in [0.5, 0.6) is 0 Å². The SMILES string of the molecule is C=CCn1c(-c2cccnc2)nn(C[NH+](C)Cc2ccc(C)cc2C)c1=S. The molecule has 2 heterocycles. The first kappa shape index (κ1) is 19.2. The van der Waals surface area contributed by atoms with Gasteiger partial charge in [-0.25, -0.2) is 0 Å². The molecule has 0 bridgehead atoms. The zero-order valence-corrected chi connectivity index (χ0v) is 17.0. The minimum absolute atomic E-state index is 0.624. The van der Waals surface area contributed by atoms with Crippen LogP contribution in [0.3, 0.4) is 0 Å². The van der Waals surface area contributed by atoms with E-state index < -0.39 is 0 Å². The summed E-state index contributed by atoms with van der Waals surface area (Å²) < 4.78 is 4.61. The van der Waals surface area contributed by atoms with Crippen molar-refractivity contribution in [3.63, 3.8) is 0 Å². The van der Waals surface area contributed by atoms with Crippen LogP contribution < -0.4 is 4.90 Å². The van der Waals surface area contributed by atoms with Gasteiger partial charge < -0.3 is 4.90 Å². The summed E-state index contributed by atoms with van der Waals surface area (Å²) in [5, 5.41) is 4.78. The summed E-state index contributed by atoms with van der Waals surface area (Å²) >= 11 is 5.69. The molecule has 1 unspecified atom stereocenters. The third kappa shape index (κ3) is 4.40. The fourth-order valence-corrected chi connectivity index (χ4v) is 3.49. The quantitative estimate of drug-likeness (QED) is 0.506. The Hall–Kier alpha value is -2.57. The number of aryl methyl sites for hydroxylation is 2. The number of benzene rings is 1. The molecule has 0 radical (unpaired) electrons.